The Hall–Kier alpha value is -3.10. The van der Waals surface area contributed by atoms with E-state index in [4.69, 9.17) is 10.1 Å². The summed E-state index contributed by atoms with van der Waals surface area (Å²) in [5, 5.41) is 15.2. The first kappa shape index (κ1) is 19.8. The lowest BCUT2D eigenvalue weighted by Crippen LogP contribution is -2.53. The number of hydrogen-bond acceptors (Lipinski definition) is 6. The van der Waals surface area contributed by atoms with Gasteiger partial charge in [-0.2, -0.15) is 10.1 Å². The number of H-pyrrole nitrogens is 1. The van der Waals surface area contributed by atoms with Crippen LogP contribution in [0.15, 0.2) is 24.4 Å². The van der Waals surface area contributed by atoms with Crippen molar-refractivity contribution in [3.63, 3.8) is 0 Å². The van der Waals surface area contributed by atoms with E-state index in [1.165, 1.54) is 6.42 Å². The van der Waals surface area contributed by atoms with Crippen LogP contribution in [-0.4, -0.2) is 61.8 Å². The summed E-state index contributed by atoms with van der Waals surface area (Å²) in [6, 6.07) is 5.88. The number of anilines is 3. The van der Waals surface area contributed by atoms with E-state index < -0.39 is 0 Å². The van der Waals surface area contributed by atoms with Gasteiger partial charge in [-0.1, -0.05) is 26.2 Å². The Bertz CT molecular complexity index is 1070. The highest BCUT2D eigenvalue weighted by Crippen LogP contribution is 2.37. The van der Waals surface area contributed by atoms with Crippen molar-refractivity contribution in [2.24, 2.45) is 5.41 Å². The molecular formula is C22H30N8O. The molecule has 0 radical (unpaired) electrons. The largest absolute Gasteiger partial charge is 0.339 e. The fourth-order valence-corrected chi connectivity index (χ4v) is 4.79. The molecule has 3 aromatic rings. The molecule has 1 amide bonds. The van der Waals surface area contributed by atoms with Gasteiger partial charge in [-0.15, -0.1) is 5.10 Å². The normalized spacial score (nSPS) is 19.0. The summed E-state index contributed by atoms with van der Waals surface area (Å²) in [5.41, 5.74) is 1.69. The van der Waals surface area contributed by atoms with E-state index in [9.17, 15) is 4.79 Å². The number of nitrogens with zero attached hydrogens (tertiary/aromatic N) is 6. The smallest absolute Gasteiger partial charge is 0.245 e. The maximum Gasteiger partial charge on any atom is 0.245 e. The summed E-state index contributed by atoms with van der Waals surface area (Å²) in [6.07, 6.45) is 7.54. The van der Waals surface area contributed by atoms with Gasteiger partial charge in [0.05, 0.1) is 0 Å². The van der Waals surface area contributed by atoms with E-state index in [0.717, 1.165) is 61.6 Å². The molecule has 9 heteroatoms. The standard InChI is InChI=1S/C22H30N8O/c1-16-15-18(26-25-16)23-19-17-7-6-10-30(17)27-21(24-19)29-13-11-28(12-14-29)20(31)22(2)8-4-3-5-9-22/h6-7,10,15H,3-5,8-9,11-14H2,1-2H3,(H2,23,24,25,26,27). The first-order chi connectivity index (χ1) is 15.0. The van der Waals surface area contributed by atoms with Gasteiger partial charge >= 0.3 is 0 Å². The van der Waals surface area contributed by atoms with Crippen LogP contribution in [0.5, 0.6) is 0 Å². The number of carbonyl (C=O) groups excluding carboxylic acids is 1. The summed E-state index contributed by atoms with van der Waals surface area (Å²) in [7, 11) is 0. The Kier molecular flexibility index (Phi) is 5.03. The van der Waals surface area contributed by atoms with Crippen LogP contribution in [0.4, 0.5) is 17.6 Å². The van der Waals surface area contributed by atoms with Crippen molar-refractivity contribution in [3.8, 4) is 0 Å². The Morgan fingerprint density at radius 1 is 1.16 bits per heavy atom. The number of piperazine rings is 1. The predicted octanol–water partition coefficient (Wildman–Crippen LogP) is 3.12. The molecule has 4 heterocycles. The molecule has 2 N–H and O–H groups in total. The van der Waals surface area contributed by atoms with E-state index in [1.807, 2.05) is 40.7 Å². The molecule has 1 aliphatic heterocycles. The Labute approximate surface area is 181 Å². The lowest BCUT2D eigenvalue weighted by Gasteiger charge is -2.41. The highest BCUT2D eigenvalue weighted by atomic mass is 16.2. The zero-order chi connectivity index (χ0) is 21.4. The third-order valence-corrected chi connectivity index (χ3v) is 6.66. The average Bonchev–Trinajstić information content (AvgIpc) is 3.42. The van der Waals surface area contributed by atoms with Crippen molar-refractivity contribution in [3.05, 3.63) is 30.1 Å². The number of rotatable bonds is 4. The molecular weight excluding hydrogens is 392 g/mol. The summed E-state index contributed by atoms with van der Waals surface area (Å²) in [6.45, 7) is 7.00. The van der Waals surface area contributed by atoms with E-state index in [2.05, 4.69) is 27.3 Å². The van der Waals surface area contributed by atoms with Crippen molar-refractivity contribution in [1.82, 2.24) is 29.7 Å². The number of hydrogen-bond donors (Lipinski definition) is 2. The van der Waals surface area contributed by atoms with E-state index in [0.29, 0.717) is 24.9 Å². The Morgan fingerprint density at radius 3 is 2.65 bits per heavy atom. The minimum atomic E-state index is -0.181. The van der Waals surface area contributed by atoms with Crippen molar-refractivity contribution < 1.29 is 4.79 Å². The molecule has 1 saturated heterocycles. The fourth-order valence-electron chi connectivity index (χ4n) is 4.79. The maximum absolute atomic E-state index is 13.2. The zero-order valence-electron chi connectivity index (χ0n) is 18.3. The molecule has 0 unspecified atom stereocenters. The van der Waals surface area contributed by atoms with Crippen molar-refractivity contribution >= 4 is 29.0 Å². The number of fused-ring (bicyclic) bond motifs is 1. The highest BCUT2D eigenvalue weighted by molar-refractivity contribution is 5.82. The molecule has 31 heavy (non-hydrogen) atoms. The van der Waals surface area contributed by atoms with E-state index in [-0.39, 0.29) is 5.41 Å². The molecule has 0 aromatic carbocycles. The fraction of sp³-hybridized carbons (Fsp3) is 0.545. The van der Waals surface area contributed by atoms with Gasteiger partial charge in [0.25, 0.3) is 0 Å². The van der Waals surface area contributed by atoms with Crippen LogP contribution in [0.2, 0.25) is 0 Å². The van der Waals surface area contributed by atoms with Crippen LogP contribution in [0, 0.1) is 12.3 Å². The third-order valence-electron chi connectivity index (χ3n) is 6.66. The predicted molar refractivity (Wildman–Crippen MR) is 120 cm³/mol. The Morgan fingerprint density at radius 2 is 1.94 bits per heavy atom. The molecule has 0 bridgehead atoms. The van der Waals surface area contributed by atoms with Crippen molar-refractivity contribution in [2.45, 2.75) is 46.0 Å². The topological polar surface area (TPSA) is 94.5 Å². The minimum absolute atomic E-state index is 0.181. The van der Waals surface area contributed by atoms with Crippen LogP contribution in [0.25, 0.3) is 5.52 Å². The van der Waals surface area contributed by atoms with Gasteiger partial charge in [0.15, 0.2) is 11.6 Å². The van der Waals surface area contributed by atoms with Crippen molar-refractivity contribution in [2.75, 3.05) is 36.4 Å². The second-order valence-corrected chi connectivity index (χ2v) is 9.06. The van der Waals surface area contributed by atoms with Gasteiger partial charge < -0.3 is 15.1 Å². The molecule has 5 rings (SSSR count). The van der Waals surface area contributed by atoms with Gasteiger partial charge in [-0.3, -0.25) is 9.89 Å². The molecule has 2 aliphatic rings. The van der Waals surface area contributed by atoms with Crippen LogP contribution in [-0.2, 0) is 4.79 Å². The zero-order valence-corrected chi connectivity index (χ0v) is 18.3. The average molecular weight is 423 g/mol. The van der Waals surface area contributed by atoms with Crippen LogP contribution in [0.1, 0.15) is 44.7 Å². The highest BCUT2D eigenvalue weighted by Gasteiger charge is 2.38. The van der Waals surface area contributed by atoms with Crippen LogP contribution < -0.4 is 10.2 Å². The second-order valence-electron chi connectivity index (χ2n) is 9.06. The van der Waals surface area contributed by atoms with Gasteiger partial charge in [0, 0.05) is 49.6 Å². The third kappa shape index (κ3) is 3.84. The second kappa shape index (κ2) is 7.86. The van der Waals surface area contributed by atoms with Crippen LogP contribution >= 0.6 is 0 Å². The SMILES string of the molecule is Cc1cc(Nc2nc(N3CCN(C(=O)C4(C)CCCCC4)CC3)nn3cccc23)n[nH]1. The summed E-state index contributed by atoms with van der Waals surface area (Å²) in [5.74, 6) is 2.43. The molecule has 3 aromatic heterocycles. The quantitative estimate of drug-likeness (QED) is 0.671. The number of aromatic nitrogens is 5. The minimum Gasteiger partial charge on any atom is -0.339 e. The summed E-state index contributed by atoms with van der Waals surface area (Å²) in [4.78, 5) is 22.2. The van der Waals surface area contributed by atoms with Crippen molar-refractivity contribution in [1.29, 1.82) is 0 Å². The molecule has 2 fully saturated rings. The molecule has 1 aliphatic carbocycles. The maximum atomic E-state index is 13.2. The van der Waals surface area contributed by atoms with Gasteiger partial charge in [-0.05, 0) is 31.9 Å². The number of nitrogens with one attached hydrogen (secondary N) is 2. The van der Waals surface area contributed by atoms with Gasteiger partial charge in [0.2, 0.25) is 11.9 Å². The summed E-state index contributed by atoms with van der Waals surface area (Å²) >= 11 is 0. The first-order valence-corrected chi connectivity index (χ1v) is 11.2. The first-order valence-electron chi connectivity index (χ1n) is 11.2. The Balaban J connectivity index is 1.32. The lowest BCUT2D eigenvalue weighted by atomic mass is 9.74. The molecule has 0 atom stereocenters. The number of amides is 1. The van der Waals surface area contributed by atoms with E-state index in [1.54, 1.807) is 0 Å². The number of aromatic amines is 1. The number of aryl methyl sites for hydroxylation is 1. The molecule has 0 spiro atoms. The van der Waals surface area contributed by atoms with E-state index >= 15 is 0 Å². The van der Waals surface area contributed by atoms with Gasteiger partial charge in [0.1, 0.15) is 5.52 Å². The van der Waals surface area contributed by atoms with Gasteiger partial charge in [-0.25, -0.2) is 4.52 Å². The molecule has 9 nitrogen and oxygen atoms in total. The van der Waals surface area contributed by atoms with Crippen LogP contribution in [0.3, 0.4) is 0 Å². The summed E-state index contributed by atoms with van der Waals surface area (Å²) < 4.78 is 1.84. The lowest BCUT2D eigenvalue weighted by molar-refractivity contribution is -0.143. The monoisotopic (exact) mass is 422 g/mol. The number of carbonyl (C=O) groups is 1. The molecule has 1 saturated carbocycles. The molecule has 164 valence electrons.